The Morgan fingerprint density at radius 1 is 1.05 bits per heavy atom. The average molecular weight is 515 g/mol. The SMILES string of the molecule is COc1ccc(/C(O)=C2/C(=O)C(=O)N(C3CCN(Cc4ccccc4)CC3)C2c2ccco2)cc1C(C)C. The van der Waals surface area contributed by atoms with Crippen LogP contribution in [0, 0.1) is 0 Å². The monoisotopic (exact) mass is 514 g/mol. The molecule has 1 aromatic heterocycles. The number of piperidine rings is 1. The van der Waals surface area contributed by atoms with Crippen molar-refractivity contribution in [1.82, 2.24) is 9.80 Å². The van der Waals surface area contributed by atoms with Gasteiger partial charge in [0, 0.05) is 31.2 Å². The summed E-state index contributed by atoms with van der Waals surface area (Å²) in [6, 6.07) is 18.2. The first-order chi connectivity index (χ1) is 18.4. The molecular formula is C31H34N2O5. The standard InChI is InChI=1S/C31H34N2O5/c1-20(2)24-18-22(11-12-25(24)37-3)29(34)27-28(26-10-7-17-38-26)33(31(36)30(27)35)23-13-15-32(16-14-23)19-21-8-5-4-6-9-21/h4-12,17-18,20,23,28,34H,13-16,19H2,1-3H3/b29-27-. The smallest absolute Gasteiger partial charge is 0.296 e. The third-order valence-corrected chi connectivity index (χ3v) is 7.62. The average Bonchev–Trinajstić information content (AvgIpc) is 3.56. The van der Waals surface area contributed by atoms with Crippen molar-refractivity contribution in [1.29, 1.82) is 0 Å². The molecule has 3 heterocycles. The number of rotatable bonds is 7. The number of carbonyl (C=O) groups excluding carboxylic acids is 2. The summed E-state index contributed by atoms with van der Waals surface area (Å²) in [6.45, 7) is 6.54. The van der Waals surface area contributed by atoms with Gasteiger partial charge in [-0.25, -0.2) is 0 Å². The molecule has 1 unspecified atom stereocenters. The molecule has 1 N–H and O–H groups in total. The van der Waals surface area contributed by atoms with Crippen LogP contribution < -0.4 is 4.74 Å². The number of carbonyl (C=O) groups is 2. The molecule has 1 atom stereocenters. The van der Waals surface area contributed by atoms with Crippen LogP contribution in [-0.2, 0) is 16.1 Å². The second-order valence-electron chi connectivity index (χ2n) is 10.3. The quantitative estimate of drug-likeness (QED) is 0.255. The zero-order valence-corrected chi connectivity index (χ0v) is 22.1. The Balaban J connectivity index is 1.46. The van der Waals surface area contributed by atoms with Crippen LogP contribution in [0.1, 0.15) is 61.1 Å². The number of Topliss-reactive ketones (excluding diaryl/α,β-unsaturated/α-hetero) is 1. The van der Waals surface area contributed by atoms with E-state index < -0.39 is 17.7 Å². The molecule has 2 saturated heterocycles. The molecule has 198 valence electrons. The van der Waals surface area contributed by atoms with E-state index in [0.29, 0.717) is 17.1 Å². The number of hydrogen-bond donors (Lipinski definition) is 1. The number of aliphatic hydroxyl groups excluding tert-OH is 1. The number of furan rings is 1. The minimum Gasteiger partial charge on any atom is -0.507 e. The van der Waals surface area contributed by atoms with Crippen molar-refractivity contribution in [3.63, 3.8) is 0 Å². The van der Waals surface area contributed by atoms with E-state index in [1.165, 1.54) is 11.8 Å². The van der Waals surface area contributed by atoms with Crippen LogP contribution in [0.5, 0.6) is 5.75 Å². The topological polar surface area (TPSA) is 83.2 Å². The van der Waals surface area contributed by atoms with Crippen molar-refractivity contribution in [3.05, 3.63) is 95.0 Å². The van der Waals surface area contributed by atoms with Crippen LogP contribution in [0.25, 0.3) is 5.76 Å². The van der Waals surface area contributed by atoms with Crippen molar-refractivity contribution < 1.29 is 23.8 Å². The number of benzene rings is 2. The second-order valence-corrected chi connectivity index (χ2v) is 10.3. The Kier molecular flexibility index (Phi) is 7.38. The summed E-state index contributed by atoms with van der Waals surface area (Å²) in [7, 11) is 1.61. The van der Waals surface area contributed by atoms with E-state index in [1.807, 2.05) is 38.1 Å². The molecule has 7 heteroatoms. The van der Waals surface area contributed by atoms with Gasteiger partial charge in [0.1, 0.15) is 23.3 Å². The summed E-state index contributed by atoms with van der Waals surface area (Å²) in [5, 5.41) is 11.5. The number of aliphatic hydroxyl groups is 1. The van der Waals surface area contributed by atoms with Gasteiger partial charge in [-0.2, -0.15) is 0 Å². The number of nitrogens with zero attached hydrogens (tertiary/aromatic N) is 2. The van der Waals surface area contributed by atoms with Crippen molar-refractivity contribution >= 4 is 17.4 Å². The summed E-state index contributed by atoms with van der Waals surface area (Å²) in [5.74, 6) is -0.151. The highest BCUT2D eigenvalue weighted by molar-refractivity contribution is 6.46. The summed E-state index contributed by atoms with van der Waals surface area (Å²) in [5.41, 5.74) is 2.70. The fourth-order valence-corrected chi connectivity index (χ4v) is 5.64. The van der Waals surface area contributed by atoms with Crippen molar-refractivity contribution in [2.75, 3.05) is 20.2 Å². The number of ether oxygens (including phenoxy) is 1. The Hall–Kier alpha value is -3.84. The minimum absolute atomic E-state index is 0.0662. The third kappa shape index (κ3) is 4.86. The van der Waals surface area contributed by atoms with E-state index >= 15 is 0 Å². The van der Waals surface area contributed by atoms with E-state index in [2.05, 4.69) is 17.0 Å². The fourth-order valence-electron chi connectivity index (χ4n) is 5.64. The Bertz CT molecular complexity index is 1320. The van der Waals surface area contributed by atoms with E-state index in [4.69, 9.17) is 9.15 Å². The maximum absolute atomic E-state index is 13.5. The molecule has 38 heavy (non-hydrogen) atoms. The van der Waals surface area contributed by atoms with Crippen molar-refractivity contribution in [2.45, 2.75) is 51.2 Å². The highest BCUT2D eigenvalue weighted by Crippen LogP contribution is 2.43. The molecule has 0 saturated carbocycles. The number of amides is 1. The first kappa shape index (κ1) is 25.8. The van der Waals surface area contributed by atoms with E-state index in [1.54, 1.807) is 36.3 Å². The molecule has 2 aliphatic rings. The number of methoxy groups -OCH3 is 1. The minimum atomic E-state index is -0.778. The number of likely N-dealkylation sites (tertiary alicyclic amines) is 2. The fraction of sp³-hybridized carbons (Fsp3) is 0.355. The lowest BCUT2D eigenvalue weighted by Gasteiger charge is -2.38. The maximum Gasteiger partial charge on any atom is 0.296 e. The molecule has 5 rings (SSSR count). The predicted molar refractivity (Wildman–Crippen MR) is 145 cm³/mol. The molecule has 2 fully saturated rings. The summed E-state index contributed by atoms with van der Waals surface area (Å²) in [6.07, 6.45) is 3.00. The lowest BCUT2D eigenvalue weighted by molar-refractivity contribution is -0.142. The molecular weight excluding hydrogens is 480 g/mol. The lowest BCUT2D eigenvalue weighted by Crippen LogP contribution is -2.46. The molecule has 2 aliphatic heterocycles. The maximum atomic E-state index is 13.5. The third-order valence-electron chi connectivity index (χ3n) is 7.62. The van der Waals surface area contributed by atoms with Gasteiger partial charge in [-0.3, -0.25) is 14.5 Å². The van der Waals surface area contributed by atoms with Crippen molar-refractivity contribution in [3.8, 4) is 5.75 Å². The van der Waals surface area contributed by atoms with Crippen LogP contribution in [0.15, 0.2) is 76.9 Å². The van der Waals surface area contributed by atoms with Crippen LogP contribution in [-0.4, -0.2) is 52.8 Å². The highest BCUT2D eigenvalue weighted by Gasteiger charge is 2.50. The summed E-state index contributed by atoms with van der Waals surface area (Å²) < 4.78 is 11.2. The molecule has 2 aromatic carbocycles. The normalized spacial score (nSPS) is 20.4. The molecule has 0 radical (unpaired) electrons. The number of ketones is 1. The van der Waals surface area contributed by atoms with Crippen molar-refractivity contribution in [2.24, 2.45) is 0 Å². The summed E-state index contributed by atoms with van der Waals surface area (Å²) in [4.78, 5) is 30.9. The number of hydrogen-bond acceptors (Lipinski definition) is 6. The van der Waals surface area contributed by atoms with Gasteiger partial charge in [-0.15, -0.1) is 0 Å². The zero-order chi connectivity index (χ0) is 26.8. The second kappa shape index (κ2) is 10.9. The molecule has 0 aliphatic carbocycles. The van der Waals surface area contributed by atoms with E-state index in [-0.39, 0.29) is 23.3 Å². The Morgan fingerprint density at radius 2 is 1.79 bits per heavy atom. The van der Waals surface area contributed by atoms with Gasteiger partial charge in [0.05, 0.1) is 18.9 Å². The van der Waals surface area contributed by atoms with Gasteiger partial charge in [-0.1, -0.05) is 44.2 Å². The molecule has 0 bridgehead atoms. The van der Waals surface area contributed by atoms with E-state index in [0.717, 1.165) is 38.0 Å². The van der Waals surface area contributed by atoms with Crippen LogP contribution in [0.3, 0.4) is 0 Å². The molecule has 7 nitrogen and oxygen atoms in total. The van der Waals surface area contributed by atoms with Crippen LogP contribution >= 0.6 is 0 Å². The Labute approximate surface area is 223 Å². The first-order valence-electron chi connectivity index (χ1n) is 13.2. The largest absolute Gasteiger partial charge is 0.507 e. The van der Waals surface area contributed by atoms with Gasteiger partial charge >= 0.3 is 0 Å². The van der Waals surface area contributed by atoms with E-state index in [9.17, 15) is 14.7 Å². The lowest BCUT2D eigenvalue weighted by atomic mass is 9.94. The molecule has 1 amide bonds. The highest BCUT2D eigenvalue weighted by atomic mass is 16.5. The van der Waals surface area contributed by atoms with Gasteiger partial charge in [0.25, 0.3) is 11.7 Å². The molecule has 3 aromatic rings. The summed E-state index contributed by atoms with van der Waals surface area (Å²) >= 11 is 0. The van der Waals surface area contributed by atoms with Gasteiger partial charge in [0.15, 0.2) is 0 Å². The van der Waals surface area contributed by atoms with Gasteiger partial charge in [0.2, 0.25) is 0 Å². The van der Waals surface area contributed by atoms with Gasteiger partial charge in [-0.05, 0) is 60.2 Å². The zero-order valence-electron chi connectivity index (χ0n) is 22.1. The van der Waals surface area contributed by atoms with Gasteiger partial charge < -0.3 is 19.2 Å². The van der Waals surface area contributed by atoms with Crippen LogP contribution in [0.4, 0.5) is 0 Å². The first-order valence-corrected chi connectivity index (χ1v) is 13.2. The Morgan fingerprint density at radius 3 is 2.42 bits per heavy atom. The van der Waals surface area contributed by atoms with Crippen LogP contribution in [0.2, 0.25) is 0 Å². The molecule has 0 spiro atoms. The predicted octanol–water partition coefficient (Wildman–Crippen LogP) is 5.50.